The van der Waals surface area contributed by atoms with E-state index in [0.717, 1.165) is 23.8 Å². The van der Waals surface area contributed by atoms with Crippen molar-refractivity contribution < 1.29 is 31.9 Å². The number of halogens is 2. The van der Waals surface area contributed by atoms with Crippen LogP contribution in [0.4, 0.5) is 16.2 Å². The number of nitro groups is 1. The van der Waals surface area contributed by atoms with Crippen LogP contribution in [0.3, 0.4) is 0 Å². The lowest BCUT2D eigenvalue weighted by Gasteiger charge is -2.26. The van der Waals surface area contributed by atoms with E-state index < -0.39 is 49.9 Å². The van der Waals surface area contributed by atoms with Crippen LogP contribution in [0.15, 0.2) is 71.1 Å². The van der Waals surface area contributed by atoms with Crippen molar-refractivity contribution in [3.8, 4) is 5.75 Å². The summed E-state index contributed by atoms with van der Waals surface area (Å²) in [4.78, 5) is 49.1. The smallest absolute Gasteiger partial charge is 0.339 e. The first-order valence-corrected chi connectivity index (χ1v) is 12.7. The number of rotatable bonds is 6. The number of aryl methyl sites for hydroxylation is 1. The van der Waals surface area contributed by atoms with Gasteiger partial charge in [-0.1, -0.05) is 47.0 Å². The number of barbiturate groups is 1. The van der Waals surface area contributed by atoms with Crippen molar-refractivity contribution in [3.63, 3.8) is 0 Å². The Bertz CT molecular complexity index is 1650. The van der Waals surface area contributed by atoms with Gasteiger partial charge in [0.1, 0.15) is 10.5 Å². The molecule has 11 nitrogen and oxygen atoms in total. The van der Waals surface area contributed by atoms with E-state index in [4.69, 9.17) is 27.4 Å². The summed E-state index contributed by atoms with van der Waals surface area (Å²) in [5.74, 6) is -2.67. The van der Waals surface area contributed by atoms with E-state index in [1.54, 1.807) is 19.1 Å². The Morgan fingerprint density at radius 3 is 2.37 bits per heavy atom. The topological polar surface area (TPSA) is 153 Å². The maximum absolute atomic E-state index is 13.2. The largest absolute Gasteiger partial charge is 0.377 e. The molecule has 38 heavy (non-hydrogen) atoms. The fraction of sp³-hybridized carbons (Fsp3) is 0.0417. The molecule has 3 aromatic rings. The van der Waals surface area contributed by atoms with Crippen LogP contribution in [0.1, 0.15) is 11.1 Å². The quantitative estimate of drug-likeness (QED) is 0.146. The molecule has 0 spiro atoms. The standard InChI is InChI=1S/C24H15Cl2N3O8S/c1-13-5-7-18(8-6-13)38(35,36)37-21-14(9-15(25)11-20(21)26)10-19-22(30)27-24(32)28(23(19)31)16-3-2-4-17(12-16)29(33)34/h2-12H,1H3,(H,27,30,32)/b19-10+. The number of imide groups is 2. The summed E-state index contributed by atoms with van der Waals surface area (Å²) in [5, 5.41) is 12.9. The van der Waals surface area contributed by atoms with Crippen LogP contribution >= 0.6 is 23.2 Å². The van der Waals surface area contributed by atoms with Crippen molar-refractivity contribution in [1.82, 2.24) is 5.32 Å². The lowest BCUT2D eigenvalue weighted by molar-refractivity contribution is -0.384. The Hall–Kier alpha value is -4.26. The van der Waals surface area contributed by atoms with Crippen LogP contribution < -0.4 is 14.4 Å². The summed E-state index contributed by atoms with van der Waals surface area (Å²) in [5.41, 5.74) is -0.549. The number of hydrogen-bond acceptors (Lipinski definition) is 8. The van der Waals surface area contributed by atoms with Gasteiger partial charge in [0.2, 0.25) is 0 Å². The molecule has 0 bridgehead atoms. The molecule has 4 rings (SSSR count). The summed E-state index contributed by atoms with van der Waals surface area (Å²) >= 11 is 12.3. The number of non-ortho nitro benzene ring substituents is 1. The van der Waals surface area contributed by atoms with Gasteiger partial charge in [0.05, 0.1) is 15.6 Å². The molecule has 14 heteroatoms. The molecule has 1 N–H and O–H groups in total. The van der Waals surface area contributed by atoms with Crippen LogP contribution in [0.5, 0.6) is 5.75 Å². The van der Waals surface area contributed by atoms with E-state index in [1.165, 1.54) is 36.4 Å². The van der Waals surface area contributed by atoms with Crippen molar-refractivity contribution in [2.24, 2.45) is 0 Å². The number of benzene rings is 3. The third-order valence-electron chi connectivity index (χ3n) is 5.24. The van der Waals surface area contributed by atoms with Crippen LogP contribution in [-0.2, 0) is 19.7 Å². The van der Waals surface area contributed by atoms with Gasteiger partial charge in [0.15, 0.2) is 5.75 Å². The van der Waals surface area contributed by atoms with E-state index in [0.29, 0.717) is 4.90 Å². The molecule has 0 aliphatic carbocycles. The van der Waals surface area contributed by atoms with Crippen LogP contribution in [-0.4, -0.2) is 31.2 Å². The molecular formula is C24H15Cl2N3O8S. The summed E-state index contributed by atoms with van der Waals surface area (Å²) < 4.78 is 31.1. The zero-order chi connectivity index (χ0) is 27.8. The number of nitro benzene ring substituents is 1. The molecule has 1 fully saturated rings. The minimum absolute atomic E-state index is 0.0252. The molecule has 0 saturated carbocycles. The minimum atomic E-state index is -4.40. The lowest BCUT2D eigenvalue weighted by atomic mass is 10.1. The second-order valence-corrected chi connectivity index (χ2v) is 10.3. The number of hydrogen-bond donors (Lipinski definition) is 1. The van der Waals surface area contributed by atoms with Crippen molar-refractivity contribution in [2.75, 3.05) is 4.90 Å². The summed E-state index contributed by atoms with van der Waals surface area (Å²) in [6.45, 7) is 1.77. The summed E-state index contributed by atoms with van der Waals surface area (Å²) in [6, 6.07) is 11.7. The Labute approximate surface area is 225 Å². The maximum Gasteiger partial charge on any atom is 0.339 e. The minimum Gasteiger partial charge on any atom is -0.377 e. The van der Waals surface area contributed by atoms with Gasteiger partial charge in [-0.3, -0.25) is 25.0 Å². The highest BCUT2D eigenvalue weighted by Gasteiger charge is 2.37. The maximum atomic E-state index is 13.2. The van der Waals surface area contributed by atoms with Gasteiger partial charge in [0.25, 0.3) is 17.5 Å². The van der Waals surface area contributed by atoms with E-state index in [9.17, 15) is 32.9 Å². The number of carbonyl (C=O) groups excluding carboxylic acids is 3. The Morgan fingerprint density at radius 2 is 1.71 bits per heavy atom. The number of urea groups is 1. The molecule has 4 amide bonds. The first-order valence-electron chi connectivity index (χ1n) is 10.5. The number of nitrogens with one attached hydrogen (secondary N) is 1. The molecule has 1 heterocycles. The molecule has 0 aromatic heterocycles. The average Bonchev–Trinajstić information content (AvgIpc) is 2.84. The molecule has 194 valence electrons. The van der Waals surface area contributed by atoms with Gasteiger partial charge in [0, 0.05) is 22.7 Å². The van der Waals surface area contributed by atoms with Crippen molar-refractivity contribution >= 4 is 68.6 Å². The Kier molecular flexibility index (Phi) is 7.22. The van der Waals surface area contributed by atoms with E-state index >= 15 is 0 Å². The summed E-state index contributed by atoms with van der Waals surface area (Å²) in [6.07, 6.45) is 0.951. The summed E-state index contributed by atoms with van der Waals surface area (Å²) in [7, 11) is -4.40. The number of anilines is 1. The average molecular weight is 576 g/mol. The monoisotopic (exact) mass is 575 g/mol. The second-order valence-electron chi connectivity index (χ2n) is 7.89. The predicted molar refractivity (Wildman–Crippen MR) is 138 cm³/mol. The normalized spacial score (nSPS) is 15.0. The zero-order valence-electron chi connectivity index (χ0n) is 19.2. The van der Waals surface area contributed by atoms with Gasteiger partial charge >= 0.3 is 16.1 Å². The molecule has 0 radical (unpaired) electrons. The molecule has 1 saturated heterocycles. The van der Waals surface area contributed by atoms with Gasteiger partial charge < -0.3 is 4.18 Å². The molecule has 1 aliphatic rings. The van der Waals surface area contributed by atoms with Crippen molar-refractivity contribution in [2.45, 2.75) is 11.8 Å². The lowest BCUT2D eigenvalue weighted by Crippen LogP contribution is -2.54. The number of amides is 4. The highest BCUT2D eigenvalue weighted by molar-refractivity contribution is 7.87. The van der Waals surface area contributed by atoms with Crippen LogP contribution in [0.2, 0.25) is 10.0 Å². The van der Waals surface area contributed by atoms with Crippen LogP contribution in [0, 0.1) is 17.0 Å². The Balaban J connectivity index is 1.79. The third kappa shape index (κ3) is 5.37. The van der Waals surface area contributed by atoms with Gasteiger partial charge in [-0.05, 0) is 43.3 Å². The first kappa shape index (κ1) is 26.8. The highest BCUT2D eigenvalue weighted by Crippen LogP contribution is 2.36. The fourth-order valence-electron chi connectivity index (χ4n) is 3.43. The molecule has 1 aliphatic heterocycles. The molecule has 0 atom stereocenters. The van der Waals surface area contributed by atoms with E-state index in [-0.39, 0.29) is 26.2 Å². The van der Waals surface area contributed by atoms with Crippen molar-refractivity contribution in [1.29, 1.82) is 0 Å². The van der Waals surface area contributed by atoms with E-state index in [1.807, 2.05) is 5.32 Å². The predicted octanol–water partition coefficient (Wildman–Crippen LogP) is 4.64. The van der Waals surface area contributed by atoms with Crippen molar-refractivity contribution in [3.05, 3.63) is 97.5 Å². The second kappa shape index (κ2) is 10.2. The van der Waals surface area contributed by atoms with Gasteiger partial charge in [-0.2, -0.15) is 8.42 Å². The van der Waals surface area contributed by atoms with Gasteiger partial charge in [-0.25, -0.2) is 9.69 Å². The zero-order valence-corrected chi connectivity index (χ0v) is 21.5. The fourth-order valence-corrected chi connectivity index (χ4v) is 5.00. The Morgan fingerprint density at radius 1 is 1.03 bits per heavy atom. The third-order valence-corrected chi connectivity index (χ3v) is 6.97. The number of carbonyl (C=O) groups is 3. The van der Waals surface area contributed by atoms with Crippen LogP contribution in [0.25, 0.3) is 6.08 Å². The SMILES string of the molecule is Cc1ccc(S(=O)(=O)Oc2c(Cl)cc(Cl)cc2/C=C2\C(=O)NC(=O)N(c3cccc([N+](=O)[O-])c3)C2=O)cc1. The van der Waals surface area contributed by atoms with E-state index in [2.05, 4.69) is 0 Å². The molecular weight excluding hydrogens is 561 g/mol. The highest BCUT2D eigenvalue weighted by atomic mass is 35.5. The van der Waals surface area contributed by atoms with Gasteiger partial charge in [-0.15, -0.1) is 0 Å². The molecule has 0 unspecified atom stereocenters. The molecule has 3 aromatic carbocycles. The first-order chi connectivity index (χ1) is 17.9. The number of nitrogens with zero attached hydrogens (tertiary/aromatic N) is 2.